The second-order valence-electron chi connectivity index (χ2n) is 5.16. The number of carbonyl (C=O) groups excluding carboxylic acids is 2. The predicted molar refractivity (Wildman–Crippen MR) is 100 cm³/mol. The number of nitrogens with one attached hydrogen (secondary N) is 3. The van der Waals surface area contributed by atoms with Crippen LogP contribution in [-0.4, -0.2) is 34.3 Å². The van der Waals surface area contributed by atoms with Gasteiger partial charge in [-0.25, -0.2) is 9.78 Å². The number of aromatic nitrogens is 2. The Labute approximate surface area is 155 Å². The van der Waals surface area contributed by atoms with Gasteiger partial charge in [-0.15, -0.1) is 0 Å². The van der Waals surface area contributed by atoms with Crippen LogP contribution in [0.5, 0.6) is 0 Å². The van der Waals surface area contributed by atoms with E-state index in [4.69, 9.17) is 11.6 Å². The van der Waals surface area contributed by atoms with E-state index >= 15 is 0 Å². The van der Waals surface area contributed by atoms with Crippen molar-refractivity contribution in [2.24, 2.45) is 7.05 Å². The molecule has 3 N–H and O–H groups in total. The van der Waals surface area contributed by atoms with E-state index in [9.17, 15) is 9.59 Å². The van der Waals surface area contributed by atoms with Gasteiger partial charge in [0.2, 0.25) is 0 Å². The molecule has 25 heavy (non-hydrogen) atoms. The number of thioether (sulfide) groups is 1. The lowest BCUT2D eigenvalue weighted by atomic mass is 10.2. The molecule has 0 aliphatic rings. The number of amides is 3. The first-order valence-electron chi connectivity index (χ1n) is 7.63. The molecular formula is C16H20ClN5O2S. The van der Waals surface area contributed by atoms with E-state index in [1.807, 2.05) is 24.8 Å². The SMILES string of the molecule is CCNC(=O)c1ccc(NC(=O)NCc2cnc(SC)n2C)cc1Cl. The Hall–Kier alpha value is -2.19. The molecule has 1 aromatic heterocycles. The summed E-state index contributed by atoms with van der Waals surface area (Å²) in [5.41, 5.74) is 1.77. The number of hydrogen-bond donors (Lipinski definition) is 3. The average Bonchev–Trinajstić information content (AvgIpc) is 2.93. The lowest BCUT2D eigenvalue weighted by molar-refractivity contribution is 0.0956. The number of nitrogens with zero attached hydrogens (tertiary/aromatic N) is 2. The first-order chi connectivity index (χ1) is 12.0. The Morgan fingerprint density at radius 1 is 1.32 bits per heavy atom. The Morgan fingerprint density at radius 3 is 2.68 bits per heavy atom. The van der Waals surface area contributed by atoms with Gasteiger partial charge in [-0.2, -0.15) is 0 Å². The zero-order valence-corrected chi connectivity index (χ0v) is 15.8. The van der Waals surface area contributed by atoms with E-state index in [1.54, 1.807) is 24.4 Å². The highest BCUT2D eigenvalue weighted by Gasteiger charge is 2.11. The fourth-order valence-electron chi connectivity index (χ4n) is 2.16. The van der Waals surface area contributed by atoms with Crippen LogP contribution in [0.4, 0.5) is 10.5 Å². The molecule has 0 spiro atoms. The minimum atomic E-state index is -0.367. The summed E-state index contributed by atoms with van der Waals surface area (Å²) in [6.07, 6.45) is 3.67. The van der Waals surface area contributed by atoms with Gasteiger partial charge in [-0.05, 0) is 31.4 Å². The third-order valence-electron chi connectivity index (χ3n) is 3.46. The van der Waals surface area contributed by atoms with Crippen LogP contribution in [0.3, 0.4) is 0 Å². The van der Waals surface area contributed by atoms with Crippen LogP contribution in [0.15, 0.2) is 29.6 Å². The molecule has 0 unspecified atom stereocenters. The highest BCUT2D eigenvalue weighted by molar-refractivity contribution is 7.98. The molecule has 9 heteroatoms. The standard InChI is InChI=1S/C16H20ClN5O2S/c1-4-18-14(23)12-6-5-10(7-13(12)17)21-15(24)19-8-11-9-20-16(25-3)22(11)2/h5-7,9H,4,8H2,1-3H3,(H,18,23)(H2,19,21,24). The zero-order chi connectivity index (χ0) is 18.4. The number of halogens is 1. The fraction of sp³-hybridized carbons (Fsp3) is 0.312. The quantitative estimate of drug-likeness (QED) is 0.671. The van der Waals surface area contributed by atoms with Crippen molar-refractivity contribution in [3.8, 4) is 0 Å². The maximum absolute atomic E-state index is 12.0. The normalized spacial score (nSPS) is 10.4. The van der Waals surface area contributed by atoms with Gasteiger partial charge < -0.3 is 20.5 Å². The molecule has 1 heterocycles. The average molecular weight is 382 g/mol. The van der Waals surface area contributed by atoms with Gasteiger partial charge in [0.1, 0.15) is 0 Å². The third kappa shape index (κ3) is 4.90. The van der Waals surface area contributed by atoms with E-state index in [-0.39, 0.29) is 17.0 Å². The monoisotopic (exact) mass is 381 g/mol. The number of urea groups is 1. The fourth-order valence-corrected chi connectivity index (χ4v) is 2.97. The van der Waals surface area contributed by atoms with Crippen LogP contribution in [0.1, 0.15) is 23.0 Å². The Morgan fingerprint density at radius 2 is 2.08 bits per heavy atom. The summed E-state index contributed by atoms with van der Waals surface area (Å²) in [4.78, 5) is 28.1. The molecular weight excluding hydrogens is 362 g/mol. The van der Waals surface area contributed by atoms with Gasteiger partial charge >= 0.3 is 6.03 Å². The molecule has 0 bridgehead atoms. The largest absolute Gasteiger partial charge is 0.352 e. The molecule has 0 saturated carbocycles. The molecule has 1 aromatic carbocycles. The summed E-state index contributed by atoms with van der Waals surface area (Å²) < 4.78 is 1.92. The van der Waals surface area contributed by atoms with Crippen LogP contribution in [0.25, 0.3) is 0 Å². The predicted octanol–water partition coefficient (Wildman–Crippen LogP) is 2.87. The number of hydrogen-bond acceptors (Lipinski definition) is 4. The molecule has 2 aromatic rings. The maximum Gasteiger partial charge on any atom is 0.319 e. The van der Waals surface area contributed by atoms with E-state index in [1.165, 1.54) is 11.8 Å². The molecule has 3 amide bonds. The van der Waals surface area contributed by atoms with Gasteiger partial charge in [0.25, 0.3) is 5.91 Å². The van der Waals surface area contributed by atoms with Crippen molar-refractivity contribution in [1.29, 1.82) is 0 Å². The van der Waals surface area contributed by atoms with E-state index < -0.39 is 0 Å². The molecule has 0 saturated heterocycles. The number of rotatable bonds is 6. The van der Waals surface area contributed by atoms with Gasteiger partial charge in [-0.1, -0.05) is 23.4 Å². The number of benzene rings is 1. The Kier molecular flexibility index (Phi) is 6.72. The smallest absolute Gasteiger partial charge is 0.319 e. The third-order valence-corrected chi connectivity index (χ3v) is 4.52. The molecule has 0 fully saturated rings. The van der Waals surface area contributed by atoms with Crippen LogP contribution in [-0.2, 0) is 13.6 Å². The second kappa shape index (κ2) is 8.77. The van der Waals surface area contributed by atoms with Crippen molar-refractivity contribution < 1.29 is 9.59 Å². The topological polar surface area (TPSA) is 88.1 Å². The van der Waals surface area contributed by atoms with Crippen molar-refractivity contribution in [2.75, 3.05) is 18.1 Å². The number of imidazole rings is 1. The summed E-state index contributed by atoms with van der Waals surface area (Å²) in [5.74, 6) is -0.246. The van der Waals surface area contributed by atoms with Crippen molar-refractivity contribution in [3.63, 3.8) is 0 Å². The van der Waals surface area contributed by atoms with Crippen molar-refractivity contribution in [1.82, 2.24) is 20.2 Å². The van der Waals surface area contributed by atoms with Crippen molar-refractivity contribution in [3.05, 3.63) is 40.7 Å². The summed E-state index contributed by atoms with van der Waals surface area (Å²) in [6, 6.07) is 4.39. The molecule has 0 radical (unpaired) electrons. The van der Waals surface area contributed by atoms with Crippen LogP contribution < -0.4 is 16.0 Å². The van der Waals surface area contributed by atoms with Gasteiger partial charge in [0.15, 0.2) is 5.16 Å². The van der Waals surface area contributed by atoms with Crippen molar-refractivity contribution in [2.45, 2.75) is 18.6 Å². The van der Waals surface area contributed by atoms with E-state index in [2.05, 4.69) is 20.9 Å². The lowest BCUT2D eigenvalue weighted by Gasteiger charge is -2.10. The van der Waals surface area contributed by atoms with Crippen molar-refractivity contribution >= 4 is 41.0 Å². The number of anilines is 1. The molecule has 0 atom stereocenters. The Balaban J connectivity index is 1.95. The molecule has 0 aliphatic heterocycles. The van der Waals surface area contributed by atoms with Gasteiger partial charge in [0, 0.05) is 19.3 Å². The summed E-state index contributed by atoms with van der Waals surface area (Å²) in [7, 11) is 1.90. The minimum absolute atomic E-state index is 0.246. The summed E-state index contributed by atoms with van der Waals surface area (Å²) in [6.45, 7) is 2.70. The summed E-state index contributed by atoms with van der Waals surface area (Å²) in [5, 5.41) is 9.29. The first kappa shape index (κ1) is 19.1. The van der Waals surface area contributed by atoms with Gasteiger partial charge in [-0.3, -0.25) is 4.79 Å². The molecule has 2 rings (SSSR count). The lowest BCUT2D eigenvalue weighted by Crippen LogP contribution is -2.29. The minimum Gasteiger partial charge on any atom is -0.352 e. The maximum atomic E-state index is 12.0. The second-order valence-corrected chi connectivity index (χ2v) is 6.34. The Bertz CT molecular complexity index is 778. The molecule has 0 aliphatic carbocycles. The van der Waals surface area contributed by atoms with E-state index in [0.29, 0.717) is 24.3 Å². The highest BCUT2D eigenvalue weighted by atomic mass is 35.5. The zero-order valence-electron chi connectivity index (χ0n) is 14.2. The van der Waals surface area contributed by atoms with Crippen LogP contribution in [0, 0.1) is 0 Å². The van der Waals surface area contributed by atoms with Gasteiger partial charge in [0.05, 0.1) is 29.0 Å². The summed E-state index contributed by atoms with van der Waals surface area (Å²) >= 11 is 7.65. The first-order valence-corrected chi connectivity index (χ1v) is 9.23. The highest BCUT2D eigenvalue weighted by Crippen LogP contribution is 2.21. The number of carbonyl (C=O) groups is 2. The van der Waals surface area contributed by atoms with E-state index in [0.717, 1.165) is 10.9 Å². The van der Waals surface area contributed by atoms with Crippen LogP contribution >= 0.6 is 23.4 Å². The molecule has 134 valence electrons. The molecule has 7 nitrogen and oxygen atoms in total. The van der Waals surface area contributed by atoms with Crippen LogP contribution in [0.2, 0.25) is 5.02 Å².